The van der Waals surface area contributed by atoms with Gasteiger partial charge in [-0.2, -0.15) is 0 Å². The third kappa shape index (κ3) is 6.38. The Labute approximate surface area is 203 Å². The van der Waals surface area contributed by atoms with Gasteiger partial charge in [-0.05, 0) is 35.1 Å². The smallest absolute Gasteiger partial charge is 0.407 e. The van der Waals surface area contributed by atoms with Crippen molar-refractivity contribution in [2.24, 2.45) is 0 Å². The minimum atomic E-state index is -1.29. The van der Waals surface area contributed by atoms with Crippen molar-refractivity contribution in [2.75, 3.05) is 13.7 Å². The molecule has 9 heteroatoms. The second-order valence-corrected chi connectivity index (χ2v) is 8.33. The number of esters is 1. The van der Waals surface area contributed by atoms with E-state index in [1.165, 1.54) is 7.11 Å². The molecule has 2 unspecified atom stereocenters. The number of amides is 2. The quantitative estimate of drug-likeness (QED) is 0.419. The molecule has 35 heavy (non-hydrogen) atoms. The van der Waals surface area contributed by atoms with Crippen LogP contribution in [0.1, 0.15) is 49.7 Å². The molecule has 3 rings (SSSR count). The highest BCUT2D eigenvalue weighted by Crippen LogP contribution is 2.44. The van der Waals surface area contributed by atoms with Gasteiger partial charge < -0.3 is 25.2 Å². The molecule has 0 fully saturated rings. The molecule has 186 valence electrons. The molecule has 0 aromatic heterocycles. The number of benzene rings is 2. The SMILES string of the molecule is CCCC(NC(=O)OCC1c2ccccc2-c2ccccc21)C(=O)NC(CCC(=O)OC)C(=O)O. The Bertz CT molecular complexity index is 1040. The van der Waals surface area contributed by atoms with Crippen LogP contribution in [0.4, 0.5) is 4.79 Å². The normalized spacial score (nSPS) is 13.7. The number of methoxy groups -OCH3 is 1. The summed E-state index contributed by atoms with van der Waals surface area (Å²) in [5.74, 6) is -2.63. The molecule has 0 aliphatic heterocycles. The van der Waals surface area contributed by atoms with Crippen molar-refractivity contribution < 1.29 is 33.8 Å². The average molecular weight is 483 g/mol. The zero-order chi connectivity index (χ0) is 25.4. The first-order chi connectivity index (χ1) is 16.8. The van der Waals surface area contributed by atoms with Crippen molar-refractivity contribution >= 4 is 23.9 Å². The third-order valence-electron chi connectivity index (χ3n) is 6.01. The molecule has 1 aliphatic carbocycles. The molecule has 9 nitrogen and oxygen atoms in total. The third-order valence-corrected chi connectivity index (χ3v) is 6.01. The van der Waals surface area contributed by atoms with Crippen molar-refractivity contribution in [3.05, 3.63) is 59.7 Å². The van der Waals surface area contributed by atoms with Crippen LogP contribution in [-0.4, -0.2) is 54.8 Å². The fourth-order valence-electron chi connectivity index (χ4n) is 4.23. The van der Waals surface area contributed by atoms with Gasteiger partial charge in [-0.15, -0.1) is 0 Å². The van der Waals surface area contributed by atoms with Crippen molar-refractivity contribution in [2.45, 2.75) is 50.6 Å². The van der Waals surface area contributed by atoms with Crippen molar-refractivity contribution in [3.8, 4) is 11.1 Å². The number of alkyl carbamates (subject to hydrolysis) is 1. The summed E-state index contributed by atoms with van der Waals surface area (Å²) in [6.07, 6.45) is -0.188. The van der Waals surface area contributed by atoms with Crippen LogP contribution >= 0.6 is 0 Å². The highest BCUT2D eigenvalue weighted by Gasteiger charge is 2.30. The van der Waals surface area contributed by atoms with Gasteiger partial charge in [0.1, 0.15) is 18.7 Å². The predicted octanol–water partition coefficient (Wildman–Crippen LogP) is 3.22. The number of carbonyl (C=O) groups is 4. The molecule has 0 bridgehead atoms. The van der Waals surface area contributed by atoms with E-state index in [4.69, 9.17) is 4.74 Å². The largest absolute Gasteiger partial charge is 0.480 e. The average Bonchev–Trinajstić information content (AvgIpc) is 3.18. The maximum absolute atomic E-state index is 12.7. The molecule has 0 saturated carbocycles. The van der Waals surface area contributed by atoms with Gasteiger partial charge in [0.2, 0.25) is 5.91 Å². The number of ether oxygens (including phenoxy) is 2. The topological polar surface area (TPSA) is 131 Å². The summed E-state index contributed by atoms with van der Waals surface area (Å²) in [6.45, 7) is 1.93. The summed E-state index contributed by atoms with van der Waals surface area (Å²) in [5.41, 5.74) is 4.34. The lowest BCUT2D eigenvalue weighted by molar-refractivity contribution is -0.144. The van der Waals surface area contributed by atoms with E-state index in [0.29, 0.717) is 12.8 Å². The van der Waals surface area contributed by atoms with Crippen LogP contribution < -0.4 is 10.6 Å². The van der Waals surface area contributed by atoms with Gasteiger partial charge in [-0.1, -0.05) is 61.9 Å². The molecule has 3 N–H and O–H groups in total. The molecule has 1 aliphatic rings. The van der Waals surface area contributed by atoms with Crippen LogP contribution in [0, 0.1) is 0 Å². The number of rotatable bonds is 11. The molecule has 0 heterocycles. The number of carboxylic acid groups (broad SMARTS) is 1. The predicted molar refractivity (Wildman–Crippen MR) is 128 cm³/mol. The van der Waals surface area contributed by atoms with E-state index < -0.39 is 36.0 Å². The second-order valence-electron chi connectivity index (χ2n) is 8.33. The Hall–Kier alpha value is -3.88. The Kier molecular flexibility index (Phi) is 8.83. The van der Waals surface area contributed by atoms with Crippen LogP contribution in [0.5, 0.6) is 0 Å². The van der Waals surface area contributed by atoms with Crippen molar-refractivity contribution in [1.29, 1.82) is 0 Å². The van der Waals surface area contributed by atoms with E-state index in [1.807, 2.05) is 55.5 Å². The lowest BCUT2D eigenvalue weighted by Gasteiger charge is -2.21. The summed E-state index contributed by atoms with van der Waals surface area (Å²) < 4.78 is 10.0. The van der Waals surface area contributed by atoms with Gasteiger partial charge in [0, 0.05) is 12.3 Å². The van der Waals surface area contributed by atoms with Crippen molar-refractivity contribution in [1.82, 2.24) is 10.6 Å². The first-order valence-electron chi connectivity index (χ1n) is 11.6. The van der Waals surface area contributed by atoms with Crippen LogP contribution in [0.15, 0.2) is 48.5 Å². The van der Waals surface area contributed by atoms with E-state index in [9.17, 15) is 24.3 Å². The molecular weight excluding hydrogens is 452 g/mol. The molecule has 2 aromatic rings. The molecule has 0 spiro atoms. The highest BCUT2D eigenvalue weighted by atomic mass is 16.5. The maximum Gasteiger partial charge on any atom is 0.407 e. The van der Waals surface area contributed by atoms with Crippen LogP contribution in [0.3, 0.4) is 0 Å². The van der Waals surface area contributed by atoms with E-state index in [1.54, 1.807) is 0 Å². The van der Waals surface area contributed by atoms with E-state index in [-0.39, 0.29) is 25.4 Å². The zero-order valence-electron chi connectivity index (χ0n) is 19.8. The lowest BCUT2D eigenvalue weighted by Crippen LogP contribution is -2.51. The summed E-state index contributed by atoms with van der Waals surface area (Å²) in [6, 6.07) is 13.6. The maximum atomic E-state index is 12.7. The zero-order valence-corrected chi connectivity index (χ0v) is 19.8. The van der Waals surface area contributed by atoms with Crippen LogP contribution in [-0.2, 0) is 23.9 Å². The highest BCUT2D eigenvalue weighted by molar-refractivity contribution is 5.89. The van der Waals surface area contributed by atoms with E-state index in [0.717, 1.165) is 22.3 Å². The van der Waals surface area contributed by atoms with Gasteiger partial charge in [0.15, 0.2) is 0 Å². The summed E-state index contributed by atoms with van der Waals surface area (Å²) in [5, 5.41) is 14.3. The number of carbonyl (C=O) groups excluding carboxylic acids is 3. The number of aliphatic carboxylic acids is 1. The van der Waals surface area contributed by atoms with Gasteiger partial charge in [-0.3, -0.25) is 9.59 Å². The number of carboxylic acids is 1. The Morgan fingerprint density at radius 3 is 2.06 bits per heavy atom. The Morgan fingerprint density at radius 2 is 1.51 bits per heavy atom. The first kappa shape index (κ1) is 25.7. The molecule has 0 radical (unpaired) electrons. The minimum absolute atomic E-state index is 0.0944. The van der Waals surface area contributed by atoms with Gasteiger partial charge in [0.05, 0.1) is 7.11 Å². The molecule has 2 amide bonds. The fourth-order valence-corrected chi connectivity index (χ4v) is 4.23. The number of fused-ring (bicyclic) bond motifs is 3. The van der Waals surface area contributed by atoms with Gasteiger partial charge in [0.25, 0.3) is 0 Å². The standard InChI is InChI=1S/C26H30N2O7/c1-3-8-21(24(30)27-22(25(31)32)13-14-23(29)34-2)28-26(33)35-15-20-18-11-6-4-9-16(18)17-10-5-7-12-19(17)20/h4-7,9-12,20-22H,3,8,13-15H2,1-2H3,(H,27,30)(H,28,33)(H,31,32). The molecule has 0 saturated heterocycles. The van der Waals surface area contributed by atoms with Crippen LogP contribution in [0.25, 0.3) is 11.1 Å². The van der Waals surface area contributed by atoms with Crippen LogP contribution in [0.2, 0.25) is 0 Å². The van der Waals surface area contributed by atoms with Gasteiger partial charge in [-0.25, -0.2) is 9.59 Å². The summed E-state index contributed by atoms with van der Waals surface area (Å²) >= 11 is 0. The Balaban J connectivity index is 1.61. The fraction of sp³-hybridized carbons (Fsp3) is 0.385. The molecule has 2 atom stereocenters. The first-order valence-corrected chi connectivity index (χ1v) is 11.6. The van der Waals surface area contributed by atoms with E-state index >= 15 is 0 Å². The van der Waals surface area contributed by atoms with Crippen molar-refractivity contribution in [3.63, 3.8) is 0 Å². The monoisotopic (exact) mass is 482 g/mol. The minimum Gasteiger partial charge on any atom is -0.480 e. The Morgan fingerprint density at radius 1 is 0.914 bits per heavy atom. The molecular formula is C26H30N2O7. The summed E-state index contributed by atoms with van der Waals surface area (Å²) in [7, 11) is 1.20. The van der Waals surface area contributed by atoms with Gasteiger partial charge >= 0.3 is 18.0 Å². The summed E-state index contributed by atoms with van der Waals surface area (Å²) in [4.78, 5) is 48.2. The number of nitrogens with one attached hydrogen (secondary N) is 2. The van der Waals surface area contributed by atoms with E-state index in [2.05, 4.69) is 15.4 Å². The molecule has 2 aromatic carbocycles. The second kappa shape index (κ2) is 12.0. The lowest BCUT2D eigenvalue weighted by atomic mass is 9.98. The number of hydrogen-bond donors (Lipinski definition) is 3. The number of hydrogen-bond acceptors (Lipinski definition) is 6.